The molecule has 0 atom stereocenters. The molecule has 0 aliphatic rings. The summed E-state index contributed by atoms with van der Waals surface area (Å²) in [5.41, 5.74) is 6.39. The van der Waals surface area contributed by atoms with Crippen LogP contribution in [0.4, 0.5) is 0 Å². The Kier molecular flexibility index (Phi) is 5.82. The normalized spacial score (nSPS) is 11.6. The smallest absolute Gasteiger partial charge is 0.262 e. The van der Waals surface area contributed by atoms with Gasteiger partial charge in [0, 0.05) is 6.54 Å². The van der Waals surface area contributed by atoms with E-state index in [9.17, 15) is 18.0 Å². The molecule has 3 rings (SSSR count). The number of carbonyl (C=O) groups is 1. The van der Waals surface area contributed by atoms with Crippen molar-refractivity contribution < 1.29 is 13.2 Å². The number of aromatic nitrogens is 2. The molecule has 10 heteroatoms. The fourth-order valence-electron chi connectivity index (χ4n) is 2.68. The summed E-state index contributed by atoms with van der Waals surface area (Å²) in [7, 11) is -3.75. The summed E-state index contributed by atoms with van der Waals surface area (Å²) in [5, 5.41) is 5.99. The highest BCUT2D eigenvalue weighted by atomic mass is 32.2. The number of hydrogen-bond donors (Lipinski definition) is 2. The average molecular weight is 419 g/mol. The molecule has 0 radical (unpaired) electrons. The second-order valence-corrected chi connectivity index (χ2v) is 8.57. The molecule has 1 amide bonds. The molecule has 2 aromatic carbocycles. The number of thioether (sulfide) groups is 1. The van der Waals surface area contributed by atoms with Gasteiger partial charge >= 0.3 is 0 Å². The van der Waals surface area contributed by atoms with Crippen molar-refractivity contribution >= 4 is 38.6 Å². The summed E-state index contributed by atoms with van der Waals surface area (Å²) >= 11 is 1.11. The van der Waals surface area contributed by atoms with E-state index in [1.54, 1.807) is 36.4 Å². The minimum Gasteiger partial charge on any atom is -0.369 e. The molecule has 8 nitrogen and oxygen atoms in total. The number of carbonyl (C=O) groups excluding carboxylic acids is 1. The Hall–Kier alpha value is -2.69. The van der Waals surface area contributed by atoms with E-state index in [2.05, 4.69) is 4.98 Å². The van der Waals surface area contributed by atoms with Crippen molar-refractivity contribution in [3.05, 3.63) is 64.4 Å². The van der Waals surface area contributed by atoms with Gasteiger partial charge in [-0.2, -0.15) is 0 Å². The van der Waals surface area contributed by atoms with Crippen molar-refractivity contribution in [3.8, 4) is 0 Å². The Morgan fingerprint density at radius 1 is 1.11 bits per heavy atom. The molecule has 28 heavy (non-hydrogen) atoms. The molecule has 4 N–H and O–H groups in total. The lowest BCUT2D eigenvalue weighted by Crippen LogP contribution is -2.25. The number of fused-ring (bicyclic) bond motifs is 1. The van der Waals surface area contributed by atoms with E-state index in [-0.39, 0.29) is 16.2 Å². The van der Waals surface area contributed by atoms with Crippen molar-refractivity contribution in [2.45, 2.75) is 23.0 Å². The maximum Gasteiger partial charge on any atom is 0.262 e. The number of para-hydroxylation sites is 1. The van der Waals surface area contributed by atoms with E-state index in [4.69, 9.17) is 10.9 Å². The van der Waals surface area contributed by atoms with Crippen LogP contribution in [0.2, 0.25) is 0 Å². The van der Waals surface area contributed by atoms with Gasteiger partial charge in [-0.1, -0.05) is 36.0 Å². The van der Waals surface area contributed by atoms with E-state index in [0.717, 1.165) is 17.3 Å². The zero-order chi connectivity index (χ0) is 20.3. The van der Waals surface area contributed by atoms with Gasteiger partial charge in [0.15, 0.2) is 5.16 Å². The number of primary amides is 1. The maximum absolute atomic E-state index is 12.9. The summed E-state index contributed by atoms with van der Waals surface area (Å²) in [6.07, 6.45) is 0.467. The van der Waals surface area contributed by atoms with Crippen molar-refractivity contribution in [2.75, 3.05) is 5.75 Å². The van der Waals surface area contributed by atoms with Crippen molar-refractivity contribution in [1.29, 1.82) is 0 Å². The number of aryl methyl sites for hydroxylation is 1. The second kappa shape index (κ2) is 8.13. The molecule has 146 valence electrons. The topological polar surface area (TPSA) is 138 Å². The molecule has 0 spiro atoms. The number of rotatable bonds is 7. The Morgan fingerprint density at radius 2 is 1.79 bits per heavy atom. The zero-order valence-corrected chi connectivity index (χ0v) is 16.4. The lowest BCUT2D eigenvalue weighted by Gasteiger charge is -2.13. The fraction of sp³-hybridized carbons (Fsp3) is 0.167. The standard InChI is InChI=1S/C18H18N4O4S2/c19-16(23)11-27-18-21-15-4-2-1-3-14(15)17(24)22(18)10-9-12-5-7-13(8-6-12)28(20,25)26/h1-8H,9-11H2,(H2,19,23)(H2,20,25,26). The number of hydrogen-bond acceptors (Lipinski definition) is 6. The minimum absolute atomic E-state index is 0.00777. The van der Waals surface area contributed by atoms with Crippen molar-refractivity contribution in [1.82, 2.24) is 9.55 Å². The number of nitrogens with two attached hydrogens (primary N) is 2. The lowest BCUT2D eigenvalue weighted by atomic mass is 10.1. The summed E-state index contributed by atoms with van der Waals surface area (Å²) in [4.78, 5) is 28.6. The third-order valence-corrected chi connectivity index (χ3v) is 5.97. The molecule has 0 aliphatic heterocycles. The summed E-state index contributed by atoms with van der Waals surface area (Å²) in [6, 6.07) is 13.1. The van der Waals surface area contributed by atoms with Crippen LogP contribution < -0.4 is 16.4 Å². The van der Waals surface area contributed by atoms with E-state index in [1.807, 2.05) is 0 Å². The summed E-state index contributed by atoms with van der Waals surface area (Å²) in [5.74, 6) is -0.495. The number of benzene rings is 2. The van der Waals surface area contributed by atoms with Gasteiger partial charge in [0.25, 0.3) is 5.56 Å². The molecule has 0 saturated heterocycles. The van der Waals surface area contributed by atoms with E-state index < -0.39 is 15.9 Å². The Balaban J connectivity index is 1.92. The summed E-state index contributed by atoms with van der Waals surface area (Å²) < 4.78 is 24.2. The van der Waals surface area contributed by atoms with Crippen LogP contribution in [-0.4, -0.2) is 29.6 Å². The highest BCUT2D eigenvalue weighted by Crippen LogP contribution is 2.18. The number of amides is 1. The molecular weight excluding hydrogens is 400 g/mol. The number of primary sulfonamides is 1. The van der Waals surface area contributed by atoms with Crippen LogP contribution in [0.15, 0.2) is 63.4 Å². The lowest BCUT2D eigenvalue weighted by molar-refractivity contribution is -0.115. The first-order valence-corrected chi connectivity index (χ1v) is 10.8. The van der Waals surface area contributed by atoms with E-state index in [1.165, 1.54) is 16.7 Å². The minimum atomic E-state index is -3.75. The van der Waals surface area contributed by atoms with Gasteiger partial charge in [0.1, 0.15) is 0 Å². The van der Waals surface area contributed by atoms with Gasteiger partial charge in [-0.05, 0) is 36.2 Å². The van der Waals surface area contributed by atoms with E-state index >= 15 is 0 Å². The largest absolute Gasteiger partial charge is 0.369 e. The molecule has 3 aromatic rings. The second-order valence-electron chi connectivity index (χ2n) is 6.06. The van der Waals surface area contributed by atoms with Gasteiger partial charge in [-0.25, -0.2) is 18.5 Å². The van der Waals surface area contributed by atoms with Crippen molar-refractivity contribution in [3.63, 3.8) is 0 Å². The highest BCUT2D eigenvalue weighted by molar-refractivity contribution is 7.99. The van der Waals surface area contributed by atoms with Crippen LogP contribution >= 0.6 is 11.8 Å². The zero-order valence-electron chi connectivity index (χ0n) is 14.7. The maximum atomic E-state index is 12.9. The predicted octanol–water partition coefficient (Wildman–Crippen LogP) is 0.864. The highest BCUT2D eigenvalue weighted by Gasteiger charge is 2.13. The Bertz CT molecular complexity index is 1190. The molecule has 0 bridgehead atoms. The van der Waals surface area contributed by atoms with Gasteiger partial charge in [0.2, 0.25) is 15.9 Å². The molecule has 0 saturated carbocycles. The SMILES string of the molecule is NC(=O)CSc1nc2ccccc2c(=O)n1CCc1ccc(S(N)(=O)=O)cc1. The average Bonchev–Trinajstić information content (AvgIpc) is 2.65. The molecule has 0 fully saturated rings. The van der Waals surface area contributed by atoms with Crippen LogP contribution in [0.3, 0.4) is 0 Å². The van der Waals surface area contributed by atoms with Crippen molar-refractivity contribution in [2.24, 2.45) is 10.9 Å². The van der Waals surface area contributed by atoms with Gasteiger partial charge in [0.05, 0.1) is 21.6 Å². The fourth-order valence-corrected chi connectivity index (χ4v) is 3.96. The third-order valence-electron chi connectivity index (χ3n) is 4.05. The first-order valence-electron chi connectivity index (χ1n) is 8.28. The molecule has 0 unspecified atom stereocenters. The first kappa shape index (κ1) is 20.1. The van der Waals surface area contributed by atoms with Gasteiger partial charge < -0.3 is 5.73 Å². The van der Waals surface area contributed by atoms with Crippen LogP contribution in [0.1, 0.15) is 5.56 Å². The molecule has 1 aromatic heterocycles. The quantitative estimate of drug-likeness (QED) is 0.431. The van der Waals surface area contributed by atoms with Gasteiger partial charge in [-0.3, -0.25) is 14.2 Å². The predicted molar refractivity (Wildman–Crippen MR) is 107 cm³/mol. The first-order chi connectivity index (χ1) is 13.3. The molecular formula is C18H18N4O4S2. The molecule has 0 aliphatic carbocycles. The molecule has 1 heterocycles. The Morgan fingerprint density at radius 3 is 2.43 bits per heavy atom. The third kappa shape index (κ3) is 4.58. The number of sulfonamides is 1. The summed E-state index contributed by atoms with van der Waals surface area (Å²) in [6.45, 7) is 0.312. The van der Waals surface area contributed by atoms with E-state index in [0.29, 0.717) is 29.0 Å². The number of nitrogens with zero attached hydrogens (tertiary/aromatic N) is 2. The Labute approximate surface area is 165 Å². The van der Waals surface area contributed by atoms with Crippen LogP contribution in [-0.2, 0) is 27.8 Å². The van der Waals surface area contributed by atoms with Crippen LogP contribution in [0, 0.1) is 0 Å². The monoisotopic (exact) mass is 418 g/mol. The van der Waals surface area contributed by atoms with Crippen LogP contribution in [0.25, 0.3) is 10.9 Å². The van der Waals surface area contributed by atoms with Crippen LogP contribution in [0.5, 0.6) is 0 Å². The van der Waals surface area contributed by atoms with Gasteiger partial charge in [-0.15, -0.1) is 0 Å².